The number of aromatic nitrogens is 4. The molecule has 0 fully saturated rings. The fourth-order valence-electron chi connectivity index (χ4n) is 10.7. The van der Waals surface area contributed by atoms with Crippen molar-refractivity contribution in [3.63, 3.8) is 0 Å². The van der Waals surface area contributed by atoms with Gasteiger partial charge in [0.2, 0.25) is 0 Å². The highest BCUT2D eigenvalue weighted by Gasteiger charge is 2.29. The Kier molecular flexibility index (Phi) is 9.70. The molecule has 0 atom stereocenters. The van der Waals surface area contributed by atoms with Crippen LogP contribution in [0, 0.1) is 0 Å². The van der Waals surface area contributed by atoms with Crippen molar-refractivity contribution in [3.05, 3.63) is 236 Å². The second-order valence-corrected chi connectivity index (χ2v) is 19.2. The molecule has 3 aromatic heterocycles. The van der Waals surface area contributed by atoms with Crippen molar-refractivity contribution in [1.29, 1.82) is 0 Å². The van der Waals surface area contributed by atoms with Crippen molar-refractivity contribution >= 4 is 66.0 Å². The van der Waals surface area contributed by atoms with Crippen LogP contribution < -0.4 is 9.64 Å². The minimum Gasteiger partial charge on any atom is -0.457 e. The predicted octanol–water partition coefficient (Wildman–Crippen LogP) is 16.9. The average Bonchev–Trinajstić information content (AvgIpc) is 3.95. The molecule has 0 saturated carbocycles. The van der Waals surface area contributed by atoms with Crippen LogP contribution in [0.5, 0.6) is 11.5 Å². The highest BCUT2D eigenvalue weighted by molar-refractivity contribution is 6.13. The SMILES string of the molecule is CC(C)(C)c1ccnc(-n2c3ccccc3c3ccc(Oc4ccc5c(c4)n4c6c(cccc6c6ccccc6n5-c5ccccc5)N(c5c(-c6ccccc6)cccc5-c5ccccc5)C4)cc32)c1. The second-order valence-electron chi connectivity index (χ2n) is 19.2. The first-order valence-corrected chi connectivity index (χ1v) is 24.1. The van der Waals surface area contributed by atoms with Crippen molar-refractivity contribution in [2.75, 3.05) is 4.90 Å². The maximum absolute atomic E-state index is 7.07. The summed E-state index contributed by atoms with van der Waals surface area (Å²) in [6.45, 7) is 7.29. The zero-order chi connectivity index (χ0) is 46.9. The molecule has 0 amide bonds. The summed E-state index contributed by atoms with van der Waals surface area (Å²) in [5, 5.41) is 4.64. The van der Waals surface area contributed by atoms with Crippen LogP contribution in [0.4, 0.5) is 11.4 Å². The van der Waals surface area contributed by atoms with Gasteiger partial charge in [-0.2, -0.15) is 0 Å². The van der Waals surface area contributed by atoms with Gasteiger partial charge in [-0.25, -0.2) is 4.98 Å². The van der Waals surface area contributed by atoms with Crippen LogP contribution in [-0.2, 0) is 12.1 Å². The molecule has 0 radical (unpaired) electrons. The molecular weight excluding hydrogens is 855 g/mol. The van der Waals surface area contributed by atoms with Crippen LogP contribution in [0.1, 0.15) is 26.3 Å². The van der Waals surface area contributed by atoms with Crippen LogP contribution in [-0.4, -0.2) is 18.7 Å². The monoisotopic (exact) mass is 903 g/mol. The number of fused-ring (bicyclic) bond motifs is 7. The first-order valence-electron chi connectivity index (χ1n) is 24.1. The van der Waals surface area contributed by atoms with Gasteiger partial charge in [0.05, 0.1) is 44.5 Å². The van der Waals surface area contributed by atoms with Crippen LogP contribution in [0.2, 0.25) is 0 Å². The molecule has 0 aliphatic carbocycles. The summed E-state index contributed by atoms with van der Waals surface area (Å²) in [4.78, 5) is 7.47. The number of anilines is 2. The third-order valence-electron chi connectivity index (χ3n) is 14.0. The lowest BCUT2D eigenvalue weighted by Gasteiger charge is -2.26. The maximum atomic E-state index is 7.07. The van der Waals surface area contributed by atoms with E-state index in [0.29, 0.717) is 6.67 Å². The van der Waals surface area contributed by atoms with E-state index in [1.54, 1.807) is 0 Å². The number of ether oxygens (including phenoxy) is 1. The predicted molar refractivity (Wildman–Crippen MR) is 291 cm³/mol. The quantitative estimate of drug-likeness (QED) is 0.160. The van der Waals surface area contributed by atoms with Crippen molar-refractivity contribution < 1.29 is 4.74 Å². The van der Waals surface area contributed by atoms with Crippen molar-refractivity contribution in [2.45, 2.75) is 32.9 Å². The van der Waals surface area contributed by atoms with Crippen LogP contribution >= 0.6 is 0 Å². The van der Waals surface area contributed by atoms with E-state index in [0.717, 1.165) is 83.6 Å². The number of nitrogens with zero attached hydrogens (tertiary/aromatic N) is 5. The third kappa shape index (κ3) is 6.82. The number of rotatable bonds is 7. The van der Waals surface area contributed by atoms with E-state index in [9.17, 15) is 0 Å². The Morgan fingerprint density at radius 1 is 0.443 bits per heavy atom. The Morgan fingerprint density at radius 2 is 1.00 bits per heavy atom. The molecule has 9 aromatic carbocycles. The standard InChI is InChI=1S/C64H49N5O/c1-64(2,3)45-37-38-65-61(39-45)69-56-31-16-13-25-51(56)53-35-33-47(40-59(53)69)70-48-34-36-57-60(41-48)67-42-66(62-49(43-19-7-4-8-20-43)27-17-28-50(62)44-21-9-5-10-22-44)58-32-18-29-54(63(58)67)52-26-14-15-30-55(52)68(57)46-23-11-6-12-24-46/h4-41H,42H2,1-3H3. The van der Waals surface area contributed by atoms with E-state index in [4.69, 9.17) is 9.72 Å². The maximum Gasteiger partial charge on any atom is 0.137 e. The largest absolute Gasteiger partial charge is 0.457 e. The Bertz CT molecular complexity index is 3990. The van der Waals surface area contributed by atoms with Gasteiger partial charge in [-0.15, -0.1) is 0 Å². The fraction of sp³-hybridized carbons (Fsp3) is 0.0781. The van der Waals surface area contributed by atoms with Gasteiger partial charge in [-0.1, -0.05) is 166 Å². The molecule has 6 heteroatoms. The molecule has 1 aliphatic heterocycles. The zero-order valence-corrected chi connectivity index (χ0v) is 39.3. The van der Waals surface area contributed by atoms with Gasteiger partial charge in [0.1, 0.15) is 24.0 Å². The molecule has 13 rings (SSSR count). The Morgan fingerprint density at radius 3 is 1.69 bits per heavy atom. The minimum atomic E-state index is -0.0314. The summed E-state index contributed by atoms with van der Waals surface area (Å²) < 4.78 is 14.3. The lowest BCUT2D eigenvalue weighted by Crippen LogP contribution is -2.17. The zero-order valence-electron chi connectivity index (χ0n) is 39.3. The topological polar surface area (TPSA) is 40.1 Å². The Balaban J connectivity index is 1.06. The van der Waals surface area contributed by atoms with Crippen molar-refractivity contribution in [3.8, 4) is 45.3 Å². The first kappa shape index (κ1) is 41.3. The van der Waals surface area contributed by atoms with Gasteiger partial charge in [0.15, 0.2) is 0 Å². The van der Waals surface area contributed by atoms with E-state index in [1.807, 2.05) is 6.20 Å². The lowest BCUT2D eigenvalue weighted by molar-refractivity contribution is 0.483. The fourth-order valence-corrected chi connectivity index (χ4v) is 10.7. The summed E-state index contributed by atoms with van der Waals surface area (Å²) in [6.07, 6.45) is 1.93. The average molecular weight is 904 g/mol. The van der Waals surface area contributed by atoms with Crippen molar-refractivity contribution in [1.82, 2.24) is 18.7 Å². The molecule has 1 aliphatic rings. The van der Waals surface area contributed by atoms with Crippen LogP contribution in [0.3, 0.4) is 0 Å². The molecule has 0 spiro atoms. The molecule has 4 heterocycles. The van der Waals surface area contributed by atoms with E-state index in [2.05, 4.69) is 264 Å². The van der Waals surface area contributed by atoms with E-state index in [-0.39, 0.29) is 5.41 Å². The Labute approximate surface area is 406 Å². The smallest absolute Gasteiger partial charge is 0.137 e. The lowest BCUT2D eigenvalue weighted by atomic mass is 9.88. The van der Waals surface area contributed by atoms with Crippen molar-refractivity contribution in [2.24, 2.45) is 0 Å². The van der Waals surface area contributed by atoms with Gasteiger partial charge < -0.3 is 18.8 Å². The van der Waals surface area contributed by atoms with Gasteiger partial charge in [0, 0.05) is 56.7 Å². The van der Waals surface area contributed by atoms with Gasteiger partial charge in [-0.3, -0.25) is 4.57 Å². The van der Waals surface area contributed by atoms with Crippen LogP contribution in [0.25, 0.3) is 88.4 Å². The number of pyridine rings is 1. The molecule has 336 valence electrons. The number of hydrogen-bond donors (Lipinski definition) is 0. The van der Waals surface area contributed by atoms with E-state index < -0.39 is 0 Å². The summed E-state index contributed by atoms with van der Waals surface area (Å²) in [6, 6.07) is 80.6. The number of hydrogen-bond acceptors (Lipinski definition) is 3. The highest BCUT2D eigenvalue weighted by Crippen LogP contribution is 2.49. The first-order chi connectivity index (χ1) is 34.4. The van der Waals surface area contributed by atoms with Crippen LogP contribution in [0.15, 0.2) is 231 Å². The minimum absolute atomic E-state index is 0.0314. The summed E-state index contributed by atoms with van der Waals surface area (Å²) >= 11 is 0. The Hall–Kier alpha value is -8.87. The van der Waals surface area contributed by atoms with Gasteiger partial charge in [0.25, 0.3) is 0 Å². The van der Waals surface area contributed by atoms with E-state index >= 15 is 0 Å². The molecule has 70 heavy (non-hydrogen) atoms. The second kappa shape index (κ2) is 16.4. The highest BCUT2D eigenvalue weighted by atomic mass is 16.5. The molecule has 12 aromatic rings. The molecule has 0 unspecified atom stereocenters. The molecular formula is C64H49N5O. The molecule has 0 saturated heterocycles. The normalized spacial score (nSPS) is 12.4. The molecule has 0 N–H and O–H groups in total. The summed E-state index contributed by atoms with van der Waals surface area (Å²) in [5.41, 5.74) is 15.7. The summed E-state index contributed by atoms with van der Waals surface area (Å²) in [7, 11) is 0. The van der Waals surface area contributed by atoms with E-state index in [1.165, 1.54) is 33.2 Å². The third-order valence-corrected chi connectivity index (χ3v) is 14.0. The number of benzene rings is 9. The summed E-state index contributed by atoms with van der Waals surface area (Å²) in [5.74, 6) is 2.37. The van der Waals surface area contributed by atoms with Gasteiger partial charge in [-0.05, 0) is 88.8 Å². The molecule has 6 nitrogen and oxygen atoms in total. The number of para-hydroxylation sites is 5. The molecule has 0 bridgehead atoms. The van der Waals surface area contributed by atoms with Gasteiger partial charge >= 0.3 is 0 Å².